The minimum absolute atomic E-state index is 0.0357. The van der Waals surface area contributed by atoms with Crippen molar-refractivity contribution < 1.29 is 19.1 Å². The van der Waals surface area contributed by atoms with Crippen LogP contribution in [0.3, 0.4) is 0 Å². The summed E-state index contributed by atoms with van der Waals surface area (Å²) in [5.74, 6) is 1.51. The second-order valence-electron chi connectivity index (χ2n) is 13.2. The number of ether oxygens (including phenoxy) is 2. The smallest absolute Gasteiger partial charge is 0.307 e. The number of likely N-dealkylation sites (tertiary alicyclic amines) is 1. The SMILES string of the molecule is CCCCCOC(=O)CCN1CCC(CCCC(CC)CCN(C)CCC(=O)OCCCCC(C)(C)C)CC1. The molecule has 0 N–H and O–H groups in total. The fourth-order valence-corrected chi connectivity index (χ4v) is 5.42. The lowest BCUT2D eigenvalue weighted by molar-refractivity contribution is -0.145. The van der Waals surface area contributed by atoms with E-state index in [0.717, 1.165) is 76.7 Å². The molecule has 39 heavy (non-hydrogen) atoms. The van der Waals surface area contributed by atoms with Crippen LogP contribution in [0.5, 0.6) is 0 Å². The monoisotopic (exact) mass is 552 g/mol. The van der Waals surface area contributed by atoms with Crippen LogP contribution in [0, 0.1) is 17.3 Å². The zero-order chi connectivity index (χ0) is 28.9. The molecule has 6 heteroatoms. The summed E-state index contributed by atoms with van der Waals surface area (Å²) in [4.78, 5) is 28.7. The highest BCUT2D eigenvalue weighted by Crippen LogP contribution is 2.26. The predicted molar refractivity (Wildman–Crippen MR) is 163 cm³/mol. The average molecular weight is 553 g/mol. The number of esters is 2. The van der Waals surface area contributed by atoms with Crippen LogP contribution in [0.2, 0.25) is 0 Å². The van der Waals surface area contributed by atoms with Crippen LogP contribution in [-0.4, -0.2) is 74.7 Å². The Morgan fingerprint density at radius 1 is 0.872 bits per heavy atom. The Morgan fingerprint density at radius 3 is 2.13 bits per heavy atom. The van der Waals surface area contributed by atoms with Gasteiger partial charge in [-0.2, -0.15) is 0 Å². The number of hydrogen-bond acceptors (Lipinski definition) is 6. The molecule has 1 aliphatic rings. The van der Waals surface area contributed by atoms with Gasteiger partial charge in [0.2, 0.25) is 0 Å². The molecule has 0 aliphatic carbocycles. The van der Waals surface area contributed by atoms with E-state index in [1.165, 1.54) is 51.4 Å². The molecule has 0 aromatic heterocycles. The molecule has 1 saturated heterocycles. The number of rotatable bonds is 22. The number of nitrogens with zero attached hydrogens (tertiary/aromatic N) is 2. The zero-order valence-corrected chi connectivity index (χ0v) is 26.7. The van der Waals surface area contributed by atoms with Gasteiger partial charge in [-0.3, -0.25) is 9.59 Å². The summed E-state index contributed by atoms with van der Waals surface area (Å²) in [5.41, 5.74) is 0.355. The van der Waals surface area contributed by atoms with Crippen molar-refractivity contribution in [3.8, 4) is 0 Å². The molecule has 0 aromatic rings. The van der Waals surface area contributed by atoms with Gasteiger partial charge in [0.15, 0.2) is 0 Å². The summed E-state index contributed by atoms with van der Waals surface area (Å²) in [6, 6.07) is 0. The molecule has 6 nitrogen and oxygen atoms in total. The molecule has 1 fully saturated rings. The maximum atomic E-state index is 12.1. The standard InChI is InChI=1S/C33H64N2O4/c1-7-9-11-27-38-32(37)20-26-35-24-17-30(18-25-35)15-13-14-29(8-2)16-22-34(6)23-19-31(36)39-28-12-10-21-33(3,4)5/h29-30H,7-28H2,1-6H3. The van der Waals surface area contributed by atoms with Crippen molar-refractivity contribution in [2.45, 2.75) is 131 Å². The Morgan fingerprint density at radius 2 is 1.51 bits per heavy atom. The highest BCUT2D eigenvalue weighted by molar-refractivity contribution is 5.69. The predicted octanol–water partition coefficient (Wildman–Crippen LogP) is 7.49. The number of carbonyl (C=O) groups excluding carboxylic acids is 2. The Labute approximate surface area is 241 Å². The molecule has 1 unspecified atom stereocenters. The third-order valence-corrected chi connectivity index (χ3v) is 8.35. The lowest BCUT2D eigenvalue weighted by Crippen LogP contribution is -2.35. The summed E-state index contributed by atoms with van der Waals surface area (Å²) in [7, 11) is 2.13. The molecule has 0 bridgehead atoms. The van der Waals surface area contributed by atoms with Gasteiger partial charge in [0.1, 0.15) is 0 Å². The Hall–Kier alpha value is -1.14. The van der Waals surface area contributed by atoms with E-state index in [1.54, 1.807) is 0 Å². The highest BCUT2D eigenvalue weighted by atomic mass is 16.5. The van der Waals surface area contributed by atoms with Crippen LogP contribution >= 0.6 is 0 Å². The Balaban J connectivity index is 2.07. The summed E-state index contributed by atoms with van der Waals surface area (Å²) in [5, 5.41) is 0. The third kappa shape index (κ3) is 20.4. The number of hydrogen-bond donors (Lipinski definition) is 0. The van der Waals surface area contributed by atoms with Gasteiger partial charge >= 0.3 is 11.9 Å². The third-order valence-electron chi connectivity index (χ3n) is 8.35. The second kappa shape index (κ2) is 21.6. The van der Waals surface area contributed by atoms with Crippen molar-refractivity contribution in [1.82, 2.24) is 9.80 Å². The van der Waals surface area contributed by atoms with Gasteiger partial charge in [-0.15, -0.1) is 0 Å². The second-order valence-corrected chi connectivity index (χ2v) is 13.2. The zero-order valence-electron chi connectivity index (χ0n) is 26.7. The van der Waals surface area contributed by atoms with Crippen LogP contribution < -0.4 is 0 Å². The summed E-state index contributed by atoms with van der Waals surface area (Å²) >= 11 is 0. The van der Waals surface area contributed by atoms with Crippen LogP contribution in [0.15, 0.2) is 0 Å². The maximum absolute atomic E-state index is 12.1. The van der Waals surface area contributed by atoms with Crippen molar-refractivity contribution in [2.24, 2.45) is 17.3 Å². The Bertz CT molecular complexity index is 626. The molecule has 1 atom stereocenters. The van der Waals surface area contributed by atoms with Gasteiger partial charge in [0.05, 0.1) is 26.1 Å². The van der Waals surface area contributed by atoms with Crippen molar-refractivity contribution >= 4 is 11.9 Å². The largest absolute Gasteiger partial charge is 0.466 e. The van der Waals surface area contributed by atoms with E-state index in [-0.39, 0.29) is 11.9 Å². The topological polar surface area (TPSA) is 59.1 Å². The van der Waals surface area contributed by atoms with Gasteiger partial charge in [-0.05, 0) is 88.9 Å². The van der Waals surface area contributed by atoms with Crippen LogP contribution in [0.25, 0.3) is 0 Å². The van der Waals surface area contributed by atoms with E-state index in [9.17, 15) is 9.59 Å². The fraction of sp³-hybridized carbons (Fsp3) is 0.939. The van der Waals surface area contributed by atoms with Gasteiger partial charge in [0, 0.05) is 13.1 Å². The molecule has 0 spiro atoms. The molecule has 1 aliphatic heterocycles. The molecule has 0 saturated carbocycles. The van der Waals surface area contributed by atoms with E-state index in [0.29, 0.717) is 31.5 Å². The van der Waals surface area contributed by atoms with Crippen LogP contribution in [0.1, 0.15) is 131 Å². The number of carbonyl (C=O) groups is 2. The minimum atomic E-state index is -0.0574. The fourth-order valence-electron chi connectivity index (χ4n) is 5.42. The molecule has 230 valence electrons. The first kappa shape index (κ1) is 35.9. The lowest BCUT2D eigenvalue weighted by atomic mass is 9.88. The van der Waals surface area contributed by atoms with E-state index >= 15 is 0 Å². The van der Waals surface area contributed by atoms with Crippen molar-refractivity contribution in [2.75, 3.05) is 53.0 Å². The van der Waals surface area contributed by atoms with Crippen LogP contribution in [-0.2, 0) is 19.1 Å². The number of piperidine rings is 1. The molecular formula is C33H64N2O4. The van der Waals surface area contributed by atoms with Gasteiger partial charge < -0.3 is 19.3 Å². The quantitative estimate of drug-likeness (QED) is 0.102. The first-order valence-electron chi connectivity index (χ1n) is 16.3. The van der Waals surface area contributed by atoms with E-state index in [4.69, 9.17) is 9.47 Å². The van der Waals surface area contributed by atoms with E-state index in [2.05, 4.69) is 51.5 Å². The van der Waals surface area contributed by atoms with Gasteiger partial charge in [-0.1, -0.05) is 73.1 Å². The molecule has 1 heterocycles. The molecule has 1 rings (SSSR count). The van der Waals surface area contributed by atoms with E-state index < -0.39 is 0 Å². The normalized spacial score (nSPS) is 16.0. The van der Waals surface area contributed by atoms with Crippen molar-refractivity contribution in [1.29, 1.82) is 0 Å². The lowest BCUT2D eigenvalue weighted by Gasteiger charge is -2.32. The maximum Gasteiger partial charge on any atom is 0.307 e. The van der Waals surface area contributed by atoms with Crippen molar-refractivity contribution in [3.63, 3.8) is 0 Å². The van der Waals surface area contributed by atoms with Crippen molar-refractivity contribution in [3.05, 3.63) is 0 Å². The molecular weight excluding hydrogens is 488 g/mol. The molecule has 0 aromatic carbocycles. The Kier molecular flexibility index (Phi) is 19.9. The molecule has 0 amide bonds. The molecule has 0 radical (unpaired) electrons. The first-order valence-corrected chi connectivity index (χ1v) is 16.3. The van der Waals surface area contributed by atoms with E-state index in [1.807, 2.05) is 0 Å². The van der Waals surface area contributed by atoms with Gasteiger partial charge in [0.25, 0.3) is 0 Å². The minimum Gasteiger partial charge on any atom is -0.466 e. The summed E-state index contributed by atoms with van der Waals surface area (Å²) < 4.78 is 10.8. The number of unbranched alkanes of at least 4 members (excludes halogenated alkanes) is 3. The summed E-state index contributed by atoms with van der Waals surface area (Å²) in [6.45, 7) is 17.3. The average Bonchev–Trinajstić information content (AvgIpc) is 2.90. The highest BCUT2D eigenvalue weighted by Gasteiger charge is 2.20. The summed E-state index contributed by atoms with van der Waals surface area (Å²) in [6.07, 6.45) is 16.5. The van der Waals surface area contributed by atoms with Gasteiger partial charge in [-0.25, -0.2) is 0 Å². The van der Waals surface area contributed by atoms with Crippen LogP contribution in [0.4, 0.5) is 0 Å². The first-order chi connectivity index (χ1) is 18.6.